The number of likely N-dealkylation sites (N-methyl/N-ethyl adjacent to an activating group) is 1. The van der Waals surface area contributed by atoms with Crippen LogP contribution in [0.2, 0.25) is 0 Å². The van der Waals surface area contributed by atoms with E-state index in [0.29, 0.717) is 52.0 Å². The van der Waals surface area contributed by atoms with E-state index in [4.69, 9.17) is 9.47 Å². The Hall–Kier alpha value is -3.95. The van der Waals surface area contributed by atoms with Crippen molar-refractivity contribution >= 4 is 37.5 Å². The number of nitrogens with one attached hydrogen (secondary N) is 1. The molecule has 0 bridgehead atoms. The highest BCUT2D eigenvalue weighted by atomic mass is 79.9. The first-order valence-electron chi connectivity index (χ1n) is 15.3. The summed E-state index contributed by atoms with van der Waals surface area (Å²) in [5.41, 5.74) is 0.778. The smallest absolute Gasteiger partial charge is 0.416 e. The van der Waals surface area contributed by atoms with Gasteiger partial charge in [-0.1, -0.05) is 18.2 Å². The van der Waals surface area contributed by atoms with Gasteiger partial charge in [-0.05, 0) is 91.1 Å². The molecule has 1 aliphatic carbocycles. The zero-order valence-electron chi connectivity index (χ0n) is 27.2. The SMILES string of the molecule is COc1ccc(CN(c2ccncn2)S(=O)(=O)c2cc(Br)c(NC3CC[C@H](c4cccc(C(F)(F)F)c4)C[C@@H]3N(C)C)cc2F)c(OC)c1. The Labute approximate surface area is 291 Å². The monoisotopic (exact) mass is 765 g/mol. The van der Waals surface area contributed by atoms with Gasteiger partial charge >= 0.3 is 6.18 Å². The van der Waals surface area contributed by atoms with Gasteiger partial charge in [0.05, 0.1) is 32.0 Å². The van der Waals surface area contributed by atoms with E-state index in [1.807, 2.05) is 19.0 Å². The molecule has 15 heteroatoms. The van der Waals surface area contributed by atoms with Crippen LogP contribution in [0.25, 0.3) is 0 Å². The number of hydrogen-bond donors (Lipinski definition) is 1. The van der Waals surface area contributed by atoms with Crippen molar-refractivity contribution in [3.8, 4) is 11.5 Å². The fourth-order valence-electron chi connectivity index (χ4n) is 6.17. The van der Waals surface area contributed by atoms with Gasteiger partial charge < -0.3 is 19.7 Å². The number of ether oxygens (including phenoxy) is 2. The summed E-state index contributed by atoms with van der Waals surface area (Å²) in [5.74, 6) is -0.177. The number of methoxy groups -OCH3 is 2. The molecule has 1 aromatic heterocycles. The van der Waals surface area contributed by atoms with Crippen LogP contribution in [0.3, 0.4) is 0 Å². The van der Waals surface area contributed by atoms with E-state index < -0.39 is 32.5 Å². The normalized spacial score (nSPS) is 18.3. The van der Waals surface area contributed by atoms with Crippen molar-refractivity contribution < 1.29 is 35.5 Å². The number of hydrogen-bond acceptors (Lipinski definition) is 8. The highest BCUT2D eigenvalue weighted by Gasteiger charge is 2.36. The van der Waals surface area contributed by atoms with Gasteiger partial charge in [-0.15, -0.1) is 0 Å². The number of sulfonamides is 1. The molecule has 0 amide bonds. The summed E-state index contributed by atoms with van der Waals surface area (Å²) < 4.78 is 96.5. The highest BCUT2D eigenvalue weighted by Crippen LogP contribution is 2.40. The number of benzene rings is 3. The predicted octanol–water partition coefficient (Wildman–Crippen LogP) is 7.49. The van der Waals surface area contributed by atoms with Crippen LogP contribution in [0.4, 0.5) is 29.1 Å². The summed E-state index contributed by atoms with van der Waals surface area (Å²) in [6, 6.07) is 13.8. The van der Waals surface area contributed by atoms with Gasteiger partial charge in [-0.2, -0.15) is 13.2 Å². The molecule has 1 N–H and O–H groups in total. The molecular formula is C34H36BrF4N5O4S. The van der Waals surface area contributed by atoms with Gasteiger partial charge in [0.15, 0.2) is 0 Å². The van der Waals surface area contributed by atoms with Crippen LogP contribution < -0.4 is 19.1 Å². The molecular weight excluding hydrogens is 730 g/mol. The number of anilines is 2. The Morgan fingerprint density at radius 1 is 1.02 bits per heavy atom. The number of halogens is 5. The second-order valence-electron chi connectivity index (χ2n) is 11.9. The third-order valence-electron chi connectivity index (χ3n) is 8.73. The van der Waals surface area contributed by atoms with Crippen molar-refractivity contribution in [3.63, 3.8) is 0 Å². The van der Waals surface area contributed by atoms with Gasteiger partial charge in [0.2, 0.25) is 0 Å². The molecule has 1 saturated carbocycles. The lowest BCUT2D eigenvalue weighted by Gasteiger charge is -2.41. The van der Waals surface area contributed by atoms with Gasteiger partial charge in [-0.25, -0.2) is 27.1 Å². The van der Waals surface area contributed by atoms with Gasteiger partial charge in [0.1, 0.15) is 34.4 Å². The Bertz CT molecular complexity index is 1880. The Kier molecular flexibility index (Phi) is 11.0. The summed E-state index contributed by atoms with van der Waals surface area (Å²) in [4.78, 5) is 9.44. The molecule has 1 aliphatic rings. The second-order valence-corrected chi connectivity index (χ2v) is 14.6. The van der Waals surface area contributed by atoms with E-state index in [0.717, 1.165) is 16.4 Å². The van der Waals surface area contributed by atoms with Crippen molar-refractivity contribution in [2.45, 2.75) is 54.9 Å². The van der Waals surface area contributed by atoms with Gasteiger partial charge in [0.25, 0.3) is 10.0 Å². The van der Waals surface area contributed by atoms with Crippen LogP contribution in [0.1, 0.15) is 41.9 Å². The molecule has 1 heterocycles. The van der Waals surface area contributed by atoms with Crippen LogP contribution in [0.5, 0.6) is 11.5 Å². The van der Waals surface area contributed by atoms with Crippen LogP contribution in [0, 0.1) is 5.82 Å². The van der Waals surface area contributed by atoms with E-state index in [1.54, 1.807) is 24.3 Å². The molecule has 3 aromatic carbocycles. The minimum absolute atomic E-state index is 0.0250. The molecule has 1 fully saturated rings. The van der Waals surface area contributed by atoms with Gasteiger partial charge in [0, 0.05) is 40.4 Å². The first-order chi connectivity index (χ1) is 23.2. The maximum Gasteiger partial charge on any atom is 0.416 e. The molecule has 3 atom stereocenters. The fourth-order valence-corrected chi connectivity index (χ4v) is 8.25. The standard InChI is InChI=1S/C34H36BrF4N5O4S/c1-43(2)30-15-22(21-6-5-7-24(14-21)34(37,38)39)9-11-28(30)42-29-18-27(36)32(17-26(29)35)49(45,46)44(33-12-13-40-20-41-33)19-23-8-10-25(47-3)16-31(23)48-4/h5-8,10,12-14,16-18,20,22,28,30,42H,9,11,15,19H2,1-4H3/t22-,28?,30-/m0/s1. The first kappa shape index (κ1) is 36.3. The highest BCUT2D eigenvalue weighted by molar-refractivity contribution is 9.10. The van der Waals surface area contributed by atoms with Crippen LogP contribution >= 0.6 is 15.9 Å². The second kappa shape index (κ2) is 14.9. The van der Waals surface area contributed by atoms with Crippen LogP contribution in [0.15, 0.2) is 82.6 Å². The van der Waals surface area contributed by atoms with Crippen LogP contribution in [-0.4, -0.2) is 63.7 Å². The van der Waals surface area contributed by atoms with Crippen molar-refractivity contribution in [1.82, 2.24) is 14.9 Å². The lowest BCUT2D eigenvalue weighted by molar-refractivity contribution is -0.137. The fraction of sp³-hybridized carbons (Fsp3) is 0.353. The molecule has 9 nitrogen and oxygen atoms in total. The lowest BCUT2D eigenvalue weighted by atomic mass is 9.78. The van der Waals surface area contributed by atoms with E-state index in [2.05, 4.69) is 31.2 Å². The average Bonchev–Trinajstić information content (AvgIpc) is 3.08. The van der Waals surface area contributed by atoms with E-state index in [1.165, 1.54) is 51.0 Å². The van der Waals surface area contributed by atoms with E-state index in [-0.39, 0.29) is 30.4 Å². The quantitative estimate of drug-likeness (QED) is 0.157. The Morgan fingerprint density at radius 2 is 1.80 bits per heavy atom. The molecule has 262 valence electrons. The van der Waals surface area contributed by atoms with Gasteiger partial charge in [-0.3, -0.25) is 0 Å². The largest absolute Gasteiger partial charge is 0.497 e. The van der Waals surface area contributed by atoms with Crippen molar-refractivity contribution in [3.05, 3.63) is 100 Å². The Balaban J connectivity index is 1.42. The van der Waals surface area contributed by atoms with Crippen molar-refractivity contribution in [1.29, 1.82) is 0 Å². The third-order valence-corrected chi connectivity index (χ3v) is 11.1. The molecule has 0 radical (unpaired) electrons. The van der Waals surface area contributed by atoms with E-state index in [9.17, 15) is 21.6 Å². The Morgan fingerprint density at radius 3 is 2.45 bits per heavy atom. The predicted molar refractivity (Wildman–Crippen MR) is 182 cm³/mol. The summed E-state index contributed by atoms with van der Waals surface area (Å²) in [6.45, 7) is -0.233. The topological polar surface area (TPSA) is 96.9 Å². The third kappa shape index (κ3) is 8.10. The number of rotatable bonds is 11. The zero-order valence-corrected chi connectivity index (χ0v) is 29.6. The minimum atomic E-state index is -4.54. The number of alkyl halides is 3. The first-order valence-corrected chi connectivity index (χ1v) is 17.5. The molecule has 1 unspecified atom stereocenters. The molecule has 4 aromatic rings. The molecule has 0 aliphatic heterocycles. The molecule has 0 saturated heterocycles. The molecule has 5 rings (SSSR count). The zero-order chi connectivity index (χ0) is 35.5. The molecule has 49 heavy (non-hydrogen) atoms. The number of nitrogens with zero attached hydrogens (tertiary/aromatic N) is 4. The van der Waals surface area contributed by atoms with Crippen molar-refractivity contribution in [2.24, 2.45) is 0 Å². The summed E-state index contributed by atoms with van der Waals surface area (Å²) in [5, 5.41) is 3.37. The average molecular weight is 767 g/mol. The number of aromatic nitrogens is 2. The van der Waals surface area contributed by atoms with Crippen LogP contribution in [-0.2, 0) is 22.7 Å². The maximum absolute atomic E-state index is 16.0. The molecule has 0 spiro atoms. The summed E-state index contributed by atoms with van der Waals surface area (Å²) >= 11 is 3.45. The van der Waals surface area contributed by atoms with Crippen molar-refractivity contribution in [2.75, 3.05) is 37.9 Å². The lowest BCUT2D eigenvalue weighted by Crippen LogP contribution is -2.47. The summed E-state index contributed by atoms with van der Waals surface area (Å²) in [7, 11) is 2.18. The minimum Gasteiger partial charge on any atom is -0.497 e. The maximum atomic E-state index is 16.0. The van der Waals surface area contributed by atoms with E-state index >= 15 is 4.39 Å². The summed E-state index contributed by atoms with van der Waals surface area (Å²) in [6.07, 6.45) is -0.0767.